The lowest BCUT2D eigenvalue weighted by molar-refractivity contribution is 0.422. The van der Waals surface area contributed by atoms with Crippen LogP contribution in [0.3, 0.4) is 0 Å². The third kappa shape index (κ3) is 5.63. The number of hydrogen-bond donors (Lipinski definition) is 1. The first-order chi connectivity index (χ1) is 15.9. The quantitative estimate of drug-likeness (QED) is 0.275. The number of phenolic OH excluding ortho intramolecular Hbond substituents is 1. The third-order valence-corrected chi connectivity index (χ3v) is 8.94. The van der Waals surface area contributed by atoms with Crippen molar-refractivity contribution >= 4 is 20.1 Å². The lowest BCUT2D eigenvalue weighted by Crippen LogP contribution is -2.26. The molecule has 0 amide bonds. The molecule has 1 atom stereocenters. The van der Waals surface area contributed by atoms with Crippen molar-refractivity contribution in [1.82, 2.24) is 4.68 Å². The molecule has 0 aliphatic carbocycles. The van der Waals surface area contributed by atoms with Gasteiger partial charge in [0.05, 0.1) is 6.21 Å². The lowest BCUT2D eigenvalue weighted by atomic mass is 9.76. The normalized spacial score (nSPS) is 13.4. The molecule has 0 saturated carbocycles. The molecule has 1 N–H and O–H groups in total. The summed E-state index contributed by atoms with van der Waals surface area (Å²) in [5.74, 6) is 0.468. The minimum Gasteiger partial charge on any atom is -0.507 e. The van der Waals surface area contributed by atoms with Crippen LogP contribution in [0.1, 0.15) is 90.5 Å². The van der Waals surface area contributed by atoms with E-state index in [0.29, 0.717) is 14.3 Å². The van der Waals surface area contributed by atoms with Crippen LogP contribution in [0.4, 0.5) is 0 Å². The maximum absolute atomic E-state index is 11.7. The predicted molar refractivity (Wildman–Crippen MR) is 150 cm³/mol. The highest BCUT2D eigenvalue weighted by molar-refractivity contribution is 7.48. The van der Waals surface area contributed by atoms with Crippen molar-refractivity contribution in [2.75, 3.05) is 0 Å². The number of aromatic nitrogens is 1. The molecule has 0 aliphatic heterocycles. The fraction of sp³-hybridized carbons (Fsp3) is 0.433. The van der Waals surface area contributed by atoms with Gasteiger partial charge in [0, 0.05) is 28.7 Å². The van der Waals surface area contributed by atoms with Gasteiger partial charge in [0.1, 0.15) is 5.75 Å². The van der Waals surface area contributed by atoms with E-state index in [2.05, 4.69) is 96.9 Å². The summed E-state index contributed by atoms with van der Waals surface area (Å²) < 4.78 is 1.82. The average Bonchev–Trinajstić information content (AvgIpc) is 3.29. The van der Waals surface area contributed by atoms with Crippen molar-refractivity contribution in [2.45, 2.75) is 84.2 Å². The fourth-order valence-corrected chi connectivity index (χ4v) is 6.06. The van der Waals surface area contributed by atoms with Gasteiger partial charge in [0.25, 0.3) is 0 Å². The number of nitrogens with zero attached hydrogens (tertiary/aromatic N) is 2. The van der Waals surface area contributed by atoms with Crippen LogP contribution < -0.4 is 5.30 Å². The molecule has 3 aromatic rings. The van der Waals surface area contributed by atoms with E-state index in [4.69, 9.17) is 0 Å². The van der Waals surface area contributed by atoms with Crippen molar-refractivity contribution in [3.05, 3.63) is 83.2 Å². The Balaban J connectivity index is 2.16. The van der Waals surface area contributed by atoms with Crippen LogP contribution in [0.5, 0.6) is 5.75 Å². The van der Waals surface area contributed by atoms with Gasteiger partial charge in [-0.3, -0.25) is 0 Å². The van der Waals surface area contributed by atoms with Crippen molar-refractivity contribution in [3.63, 3.8) is 0 Å². The van der Waals surface area contributed by atoms with Gasteiger partial charge in [-0.25, -0.2) is 4.68 Å². The largest absolute Gasteiger partial charge is 0.507 e. The van der Waals surface area contributed by atoms with Crippen LogP contribution in [0, 0.1) is 0 Å². The van der Waals surface area contributed by atoms with Crippen LogP contribution in [-0.4, -0.2) is 16.0 Å². The van der Waals surface area contributed by atoms with E-state index in [1.807, 2.05) is 35.4 Å². The Morgan fingerprint density at radius 3 is 2.00 bits per heavy atom. The number of hydrogen-bond acceptors (Lipinski definition) is 2. The summed E-state index contributed by atoms with van der Waals surface area (Å²) >= 11 is 0. The Bertz CT molecular complexity index is 1130. The molecule has 1 unspecified atom stereocenters. The van der Waals surface area contributed by atoms with Crippen LogP contribution in [0.15, 0.2) is 66.0 Å². The molecule has 34 heavy (non-hydrogen) atoms. The first-order valence-corrected chi connectivity index (χ1v) is 13.3. The van der Waals surface area contributed by atoms with E-state index >= 15 is 0 Å². The Labute approximate surface area is 208 Å². The third-order valence-electron chi connectivity index (χ3n) is 6.76. The molecule has 1 aromatic heterocycles. The van der Waals surface area contributed by atoms with Gasteiger partial charge >= 0.3 is 0 Å². The first-order valence-electron chi connectivity index (χ1n) is 12.3. The molecular weight excluding hydrogens is 435 g/mol. The summed E-state index contributed by atoms with van der Waals surface area (Å²) in [5.41, 5.74) is 4.39. The van der Waals surface area contributed by atoms with Crippen LogP contribution in [0.25, 0.3) is 0 Å². The number of aromatic hydroxyl groups is 1. The maximum Gasteiger partial charge on any atom is 0.123 e. The van der Waals surface area contributed by atoms with Gasteiger partial charge in [0.2, 0.25) is 0 Å². The van der Waals surface area contributed by atoms with Crippen molar-refractivity contribution in [3.8, 4) is 5.75 Å². The summed E-state index contributed by atoms with van der Waals surface area (Å²) in [6.07, 6.45) is 7.73. The van der Waals surface area contributed by atoms with E-state index in [1.54, 1.807) is 0 Å². The Hall–Kier alpha value is -2.38. The first kappa shape index (κ1) is 26.2. The topological polar surface area (TPSA) is 37.5 Å². The zero-order chi connectivity index (χ0) is 25.1. The van der Waals surface area contributed by atoms with Crippen LogP contribution >= 0.6 is 8.58 Å². The summed E-state index contributed by atoms with van der Waals surface area (Å²) in [6, 6.07) is 17.0. The summed E-state index contributed by atoms with van der Waals surface area (Å²) in [4.78, 5) is 0. The van der Waals surface area contributed by atoms with Crippen LogP contribution in [-0.2, 0) is 16.0 Å². The highest BCUT2D eigenvalue weighted by Crippen LogP contribution is 2.53. The van der Waals surface area contributed by atoms with Gasteiger partial charge in [-0.05, 0) is 52.2 Å². The second-order valence-corrected chi connectivity index (χ2v) is 13.0. The molecule has 0 spiro atoms. The zero-order valence-electron chi connectivity index (χ0n) is 22.1. The van der Waals surface area contributed by atoms with E-state index < -0.39 is 0 Å². The van der Waals surface area contributed by atoms with E-state index in [-0.39, 0.29) is 16.0 Å². The highest BCUT2D eigenvalue weighted by atomic mass is 31.1. The average molecular weight is 477 g/mol. The zero-order valence-corrected chi connectivity index (χ0v) is 23.1. The van der Waals surface area contributed by atoms with Gasteiger partial charge in [-0.2, -0.15) is 5.10 Å². The monoisotopic (exact) mass is 476 g/mol. The maximum atomic E-state index is 11.7. The van der Waals surface area contributed by atoms with Gasteiger partial charge in [-0.15, -0.1) is 0 Å². The molecule has 0 bridgehead atoms. The predicted octanol–water partition coefficient (Wildman–Crippen LogP) is 7.69. The molecule has 3 rings (SSSR count). The molecule has 4 heteroatoms. The molecule has 0 fully saturated rings. The van der Waals surface area contributed by atoms with E-state index in [9.17, 15) is 5.11 Å². The lowest BCUT2D eigenvalue weighted by Gasteiger charge is -2.37. The van der Waals surface area contributed by atoms with E-state index in [1.165, 1.54) is 10.9 Å². The van der Waals surface area contributed by atoms with Crippen molar-refractivity contribution in [2.24, 2.45) is 5.10 Å². The Kier molecular flexibility index (Phi) is 7.78. The Morgan fingerprint density at radius 1 is 0.853 bits per heavy atom. The molecule has 2 aromatic carbocycles. The van der Waals surface area contributed by atoms with Gasteiger partial charge in [-0.1, -0.05) is 100 Å². The standard InChI is InChI=1S/C30H41N2OP/c1-9-30(10-2,25-20-23(28(3,4)5)19-24(27(25)33)29(6,7)8)34-26-16-12-11-15-22(26)21-31-32-17-13-14-18-32/h11-21,33-34H,9-10H2,1-8H3/b31-21+. The number of phenols is 1. The second-order valence-electron chi connectivity index (χ2n) is 11.2. The molecule has 0 aliphatic rings. The van der Waals surface area contributed by atoms with Crippen molar-refractivity contribution in [1.29, 1.82) is 0 Å². The van der Waals surface area contributed by atoms with Gasteiger partial charge < -0.3 is 5.11 Å². The number of benzene rings is 2. The van der Waals surface area contributed by atoms with E-state index in [0.717, 1.165) is 29.5 Å². The summed E-state index contributed by atoms with van der Waals surface area (Å²) in [7, 11) is 0.513. The molecule has 3 nitrogen and oxygen atoms in total. The minimum absolute atomic E-state index is 0.000112. The molecule has 182 valence electrons. The smallest absolute Gasteiger partial charge is 0.123 e. The minimum atomic E-state index is -0.150. The van der Waals surface area contributed by atoms with Crippen LogP contribution in [0.2, 0.25) is 0 Å². The summed E-state index contributed by atoms with van der Waals surface area (Å²) in [5, 5.41) is 17.4. The SMILES string of the molecule is CCC(CC)(Pc1ccccc1/C=N/n1cccc1)c1cc(C(C)(C)C)cc(C(C)(C)C)c1O. The second kappa shape index (κ2) is 10.1. The van der Waals surface area contributed by atoms with Gasteiger partial charge in [0.15, 0.2) is 0 Å². The molecule has 1 heterocycles. The molecular formula is C30H41N2OP. The Morgan fingerprint density at radius 2 is 1.44 bits per heavy atom. The highest BCUT2D eigenvalue weighted by Gasteiger charge is 2.36. The molecule has 0 radical (unpaired) electrons. The number of rotatable bonds is 7. The molecule has 0 saturated heterocycles. The fourth-order valence-electron chi connectivity index (χ4n) is 4.39. The van der Waals surface area contributed by atoms with Crippen molar-refractivity contribution < 1.29 is 5.11 Å². The summed E-state index contributed by atoms with van der Waals surface area (Å²) in [6.45, 7) is 17.8.